The molecule has 0 aliphatic heterocycles. The Morgan fingerprint density at radius 2 is 1.85 bits per heavy atom. The first kappa shape index (κ1) is 21.4. The number of nitrogens with two attached hydrogens (primary N) is 1. The number of amides is 1. The first-order valence-electron chi connectivity index (χ1n) is 8.70. The highest BCUT2D eigenvalue weighted by Gasteiger charge is 2.14. The van der Waals surface area contributed by atoms with Gasteiger partial charge in [-0.25, -0.2) is 0 Å². The summed E-state index contributed by atoms with van der Waals surface area (Å²) in [6.07, 6.45) is 0.713. The van der Waals surface area contributed by atoms with E-state index in [-0.39, 0.29) is 11.9 Å². The molecule has 1 amide bonds. The molecule has 146 valence electrons. The molecule has 2 aromatic carbocycles. The van der Waals surface area contributed by atoms with Gasteiger partial charge in [-0.2, -0.15) is 0 Å². The van der Waals surface area contributed by atoms with Crippen LogP contribution in [-0.2, 0) is 11.2 Å². The third kappa shape index (κ3) is 6.31. The smallest absolute Gasteiger partial charge is 0.275 e. The van der Waals surface area contributed by atoms with Gasteiger partial charge in [-0.3, -0.25) is 4.79 Å². The topological polar surface area (TPSA) is 64.2 Å². The van der Waals surface area contributed by atoms with Crippen LogP contribution in [0.25, 0.3) is 0 Å². The lowest BCUT2D eigenvalue weighted by atomic mass is 10.1. The van der Waals surface area contributed by atoms with Gasteiger partial charge in [0.05, 0.1) is 19.2 Å². The second kappa shape index (κ2) is 10.4. The van der Waals surface area contributed by atoms with E-state index >= 15 is 0 Å². The number of hydrogen-bond acceptors (Lipinski definition) is 3. The van der Waals surface area contributed by atoms with Crippen LogP contribution in [0.1, 0.15) is 24.1 Å². The van der Waals surface area contributed by atoms with Gasteiger partial charge in [0.2, 0.25) is 0 Å². The van der Waals surface area contributed by atoms with Crippen molar-refractivity contribution in [2.45, 2.75) is 19.4 Å². The number of quaternary nitrogens is 1. The first-order valence-corrected chi connectivity index (χ1v) is 9.46. The summed E-state index contributed by atoms with van der Waals surface area (Å²) >= 11 is 12.1. The number of halogens is 2. The monoisotopic (exact) mass is 411 g/mol. The summed E-state index contributed by atoms with van der Waals surface area (Å²) in [6.45, 7) is 2.89. The standard InChI is InChI=1S/C20H24Cl2N2O3/c1-13(16-6-5-15(21)11-17(16)22)24-12-20(25)23-9-8-14-4-7-18(26-2)19(10-14)27-3/h4-7,10-11,13,24H,8-9,12H2,1-3H3,(H,23,25)/p+1/t13-/m0/s1. The molecule has 0 unspecified atom stereocenters. The Kier molecular flexibility index (Phi) is 8.23. The molecule has 0 fully saturated rings. The molecule has 2 aromatic rings. The predicted octanol–water partition coefficient (Wildman–Crippen LogP) is 2.99. The van der Waals surface area contributed by atoms with Gasteiger partial charge in [0.25, 0.3) is 5.91 Å². The number of ether oxygens (including phenoxy) is 2. The van der Waals surface area contributed by atoms with Crippen molar-refractivity contribution in [3.05, 3.63) is 57.6 Å². The lowest BCUT2D eigenvalue weighted by Crippen LogP contribution is -2.87. The zero-order valence-electron chi connectivity index (χ0n) is 15.7. The molecule has 5 nitrogen and oxygen atoms in total. The van der Waals surface area contributed by atoms with E-state index in [9.17, 15) is 4.79 Å². The Balaban J connectivity index is 1.78. The van der Waals surface area contributed by atoms with Crippen molar-refractivity contribution in [3.8, 4) is 11.5 Å². The van der Waals surface area contributed by atoms with Crippen LogP contribution in [0.2, 0.25) is 10.0 Å². The van der Waals surface area contributed by atoms with Crippen LogP contribution >= 0.6 is 23.2 Å². The molecule has 7 heteroatoms. The van der Waals surface area contributed by atoms with E-state index < -0.39 is 0 Å². The zero-order chi connectivity index (χ0) is 19.8. The second-order valence-corrected chi connectivity index (χ2v) is 7.03. The fourth-order valence-electron chi connectivity index (χ4n) is 2.74. The van der Waals surface area contributed by atoms with Gasteiger partial charge < -0.3 is 20.1 Å². The van der Waals surface area contributed by atoms with Crippen molar-refractivity contribution in [3.63, 3.8) is 0 Å². The Morgan fingerprint density at radius 1 is 1.11 bits per heavy atom. The molecule has 1 atom stereocenters. The van der Waals surface area contributed by atoms with Gasteiger partial charge in [-0.1, -0.05) is 35.3 Å². The van der Waals surface area contributed by atoms with Crippen LogP contribution in [0, 0.1) is 0 Å². The maximum Gasteiger partial charge on any atom is 0.275 e. The van der Waals surface area contributed by atoms with Crippen molar-refractivity contribution < 1.29 is 19.6 Å². The fraction of sp³-hybridized carbons (Fsp3) is 0.350. The lowest BCUT2D eigenvalue weighted by molar-refractivity contribution is -0.682. The number of nitrogens with one attached hydrogen (secondary N) is 1. The Hall–Kier alpha value is -1.95. The summed E-state index contributed by atoms with van der Waals surface area (Å²) in [6, 6.07) is 11.2. The Bertz CT molecular complexity index is 784. The van der Waals surface area contributed by atoms with Crippen LogP contribution in [0.3, 0.4) is 0 Å². The van der Waals surface area contributed by atoms with Gasteiger partial charge in [0.15, 0.2) is 18.0 Å². The zero-order valence-corrected chi connectivity index (χ0v) is 17.2. The molecule has 0 aliphatic rings. The summed E-state index contributed by atoms with van der Waals surface area (Å²) in [5, 5.41) is 6.09. The molecule has 0 radical (unpaired) electrons. The average Bonchev–Trinajstić information content (AvgIpc) is 2.66. The maximum atomic E-state index is 12.1. The summed E-state index contributed by atoms with van der Waals surface area (Å²) in [4.78, 5) is 12.1. The summed E-state index contributed by atoms with van der Waals surface area (Å²) in [7, 11) is 3.21. The van der Waals surface area contributed by atoms with Crippen molar-refractivity contribution in [1.82, 2.24) is 5.32 Å². The molecule has 0 heterocycles. The number of benzene rings is 2. The highest BCUT2D eigenvalue weighted by atomic mass is 35.5. The highest BCUT2D eigenvalue weighted by molar-refractivity contribution is 6.35. The van der Waals surface area contributed by atoms with E-state index in [1.807, 2.05) is 36.5 Å². The van der Waals surface area contributed by atoms with Gasteiger partial charge >= 0.3 is 0 Å². The van der Waals surface area contributed by atoms with Crippen LogP contribution in [0.5, 0.6) is 11.5 Å². The summed E-state index contributed by atoms with van der Waals surface area (Å²) in [5.41, 5.74) is 2.03. The van der Waals surface area contributed by atoms with Crippen LogP contribution in [0.15, 0.2) is 36.4 Å². The van der Waals surface area contributed by atoms with E-state index in [1.165, 1.54) is 0 Å². The molecule has 0 aromatic heterocycles. The minimum atomic E-state index is -0.0209. The van der Waals surface area contributed by atoms with E-state index in [1.54, 1.807) is 26.4 Å². The SMILES string of the molecule is COc1ccc(CCNC(=O)C[NH2+][C@@H](C)c2ccc(Cl)cc2Cl)cc1OC. The normalized spacial score (nSPS) is 11.7. The predicted molar refractivity (Wildman–Crippen MR) is 108 cm³/mol. The lowest BCUT2D eigenvalue weighted by Gasteiger charge is -2.13. The third-order valence-electron chi connectivity index (χ3n) is 4.29. The highest BCUT2D eigenvalue weighted by Crippen LogP contribution is 2.27. The van der Waals surface area contributed by atoms with Gasteiger partial charge in [0, 0.05) is 17.1 Å². The van der Waals surface area contributed by atoms with Gasteiger partial charge in [0.1, 0.15) is 6.04 Å². The molecule has 2 rings (SSSR count). The fourth-order valence-corrected chi connectivity index (χ4v) is 3.32. The largest absolute Gasteiger partial charge is 0.493 e. The van der Waals surface area contributed by atoms with Crippen LogP contribution < -0.4 is 20.1 Å². The van der Waals surface area contributed by atoms with Crippen molar-refractivity contribution >= 4 is 29.1 Å². The van der Waals surface area contributed by atoms with Crippen molar-refractivity contribution in [2.75, 3.05) is 27.3 Å². The molecule has 0 aliphatic carbocycles. The first-order chi connectivity index (χ1) is 12.9. The van der Waals surface area contributed by atoms with E-state index in [2.05, 4.69) is 5.32 Å². The molecule has 0 saturated heterocycles. The molecular weight excluding hydrogens is 387 g/mol. The number of carbonyl (C=O) groups is 1. The van der Waals surface area contributed by atoms with Crippen LogP contribution in [-0.4, -0.2) is 33.2 Å². The molecular formula is C20H25Cl2N2O3+. The molecule has 0 bridgehead atoms. The number of carbonyl (C=O) groups excluding carboxylic acids is 1. The summed E-state index contributed by atoms with van der Waals surface area (Å²) in [5.74, 6) is 1.35. The summed E-state index contributed by atoms with van der Waals surface area (Å²) < 4.78 is 10.5. The van der Waals surface area contributed by atoms with E-state index in [4.69, 9.17) is 32.7 Å². The molecule has 0 saturated carbocycles. The molecule has 0 spiro atoms. The number of hydrogen-bond donors (Lipinski definition) is 2. The number of rotatable bonds is 9. The van der Waals surface area contributed by atoms with Crippen molar-refractivity contribution in [2.24, 2.45) is 0 Å². The maximum absolute atomic E-state index is 12.1. The molecule has 3 N–H and O–H groups in total. The van der Waals surface area contributed by atoms with Gasteiger partial charge in [-0.15, -0.1) is 0 Å². The Labute approximate surface area is 170 Å². The second-order valence-electron chi connectivity index (χ2n) is 6.18. The van der Waals surface area contributed by atoms with Gasteiger partial charge in [-0.05, 0) is 43.2 Å². The quantitative estimate of drug-likeness (QED) is 0.666. The van der Waals surface area contributed by atoms with Crippen molar-refractivity contribution in [1.29, 1.82) is 0 Å². The van der Waals surface area contributed by atoms with E-state index in [0.717, 1.165) is 11.1 Å². The third-order valence-corrected chi connectivity index (χ3v) is 4.86. The average molecular weight is 412 g/mol. The van der Waals surface area contributed by atoms with E-state index in [0.29, 0.717) is 41.1 Å². The minimum absolute atomic E-state index is 0.0209. The number of methoxy groups -OCH3 is 2. The molecule has 27 heavy (non-hydrogen) atoms. The van der Waals surface area contributed by atoms with Crippen LogP contribution in [0.4, 0.5) is 0 Å². The Morgan fingerprint density at radius 3 is 2.52 bits per heavy atom. The minimum Gasteiger partial charge on any atom is -0.493 e.